The van der Waals surface area contributed by atoms with Crippen LogP contribution in [0.15, 0.2) is 17.5 Å². The first-order valence-corrected chi connectivity index (χ1v) is 6.47. The van der Waals surface area contributed by atoms with Gasteiger partial charge in [-0.05, 0) is 24.3 Å². The molecule has 1 aliphatic carbocycles. The molecule has 0 aliphatic heterocycles. The molecule has 0 amide bonds. The maximum absolute atomic E-state index is 9.12. The highest BCUT2D eigenvalue weighted by molar-refractivity contribution is 7.10. The highest BCUT2D eigenvalue weighted by Crippen LogP contribution is 2.23. The quantitative estimate of drug-likeness (QED) is 0.849. The molecular formula is C12H16N2S. The maximum Gasteiger partial charge on any atom is 0.130 e. The van der Waals surface area contributed by atoms with Crippen LogP contribution in [0, 0.1) is 11.3 Å². The average Bonchev–Trinajstić information content (AvgIpc) is 2.81. The minimum atomic E-state index is -0.104. The smallest absolute Gasteiger partial charge is 0.130 e. The predicted molar refractivity (Wildman–Crippen MR) is 62.7 cm³/mol. The molecule has 1 unspecified atom stereocenters. The molecule has 1 fully saturated rings. The summed E-state index contributed by atoms with van der Waals surface area (Å²) < 4.78 is 0. The van der Waals surface area contributed by atoms with Gasteiger partial charge < -0.3 is 0 Å². The Balaban J connectivity index is 1.94. The van der Waals surface area contributed by atoms with Crippen molar-refractivity contribution in [2.75, 3.05) is 0 Å². The lowest BCUT2D eigenvalue weighted by molar-refractivity contribution is 0.361. The molecule has 0 bridgehead atoms. The Morgan fingerprint density at radius 3 is 2.80 bits per heavy atom. The molecule has 1 atom stereocenters. The standard InChI is InChI=1S/C12H16N2S/c13-9-11(12-7-4-8-15-12)14-10-5-2-1-3-6-10/h4,7-8,10-11,14H,1-3,5-6H2. The largest absolute Gasteiger partial charge is 0.295 e. The molecule has 3 heteroatoms. The van der Waals surface area contributed by atoms with E-state index in [2.05, 4.69) is 11.4 Å². The predicted octanol–water partition coefficient (Wildman–Crippen LogP) is 3.24. The molecule has 1 aromatic heterocycles. The van der Waals surface area contributed by atoms with Crippen LogP contribution in [0.3, 0.4) is 0 Å². The van der Waals surface area contributed by atoms with Gasteiger partial charge in [-0.25, -0.2) is 0 Å². The SMILES string of the molecule is N#CC(NC1CCCCC1)c1cccs1. The Hall–Kier alpha value is -0.850. The number of hydrogen-bond donors (Lipinski definition) is 1. The van der Waals surface area contributed by atoms with Crippen molar-refractivity contribution in [3.05, 3.63) is 22.4 Å². The zero-order chi connectivity index (χ0) is 10.5. The van der Waals surface area contributed by atoms with Crippen LogP contribution in [-0.2, 0) is 0 Å². The number of hydrogen-bond acceptors (Lipinski definition) is 3. The summed E-state index contributed by atoms with van der Waals surface area (Å²) in [6.45, 7) is 0. The van der Waals surface area contributed by atoms with Crippen molar-refractivity contribution in [3.63, 3.8) is 0 Å². The Morgan fingerprint density at radius 2 is 2.20 bits per heavy atom. The van der Waals surface area contributed by atoms with E-state index in [0.717, 1.165) is 4.88 Å². The van der Waals surface area contributed by atoms with E-state index in [-0.39, 0.29) is 6.04 Å². The van der Waals surface area contributed by atoms with Crippen molar-refractivity contribution in [1.82, 2.24) is 5.32 Å². The van der Waals surface area contributed by atoms with Crippen LogP contribution in [0.4, 0.5) is 0 Å². The van der Waals surface area contributed by atoms with Crippen LogP contribution in [0.2, 0.25) is 0 Å². The molecule has 0 saturated heterocycles. The van der Waals surface area contributed by atoms with Crippen molar-refractivity contribution >= 4 is 11.3 Å². The van der Waals surface area contributed by atoms with Crippen LogP contribution in [0.5, 0.6) is 0 Å². The van der Waals surface area contributed by atoms with Crippen molar-refractivity contribution in [1.29, 1.82) is 5.26 Å². The Bertz CT molecular complexity index is 320. The van der Waals surface area contributed by atoms with Gasteiger partial charge in [0.25, 0.3) is 0 Å². The van der Waals surface area contributed by atoms with Crippen molar-refractivity contribution in [3.8, 4) is 6.07 Å². The first-order chi connectivity index (χ1) is 7.40. The number of nitrogens with one attached hydrogen (secondary N) is 1. The average molecular weight is 220 g/mol. The highest BCUT2D eigenvalue weighted by Gasteiger charge is 2.19. The van der Waals surface area contributed by atoms with Gasteiger partial charge in [-0.3, -0.25) is 5.32 Å². The second-order valence-electron chi connectivity index (χ2n) is 4.08. The van der Waals surface area contributed by atoms with E-state index in [4.69, 9.17) is 5.26 Å². The van der Waals surface area contributed by atoms with Gasteiger partial charge in [0, 0.05) is 10.9 Å². The lowest BCUT2D eigenvalue weighted by atomic mass is 9.95. The van der Waals surface area contributed by atoms with E-state index < -0.39 is 0 Å². The number of nitrogens with zero attached hydrogens (tertiary/aromatic N) is 1. The minimum absolute atomic E-state index is 0.104. The zero-order valence-electron chi connectivity index (χ0n) is 8.78. The van der Waals surface area contributed by atoms with Gasteiger partial charge in [0.15, 0.2) is 0 Å². The van der Waals surface area contributed by atoms with E-state index in [9.17, 15) is 0 Å². The van der Waals surface area contributed by atoms with Gasteiger partial charge in [0.2, 0.25) is 0 Å². The maximum atomic E-state index is 9.12. The lowest BCUT2D eigenvalue weighted by Crippen LogP contribution is -2.33. The normalized spacial score (nSPS) is 19.7. The van der Waals surface area contributed by atoms with Crippen LogP contribution in [-0.4, -0.2) is 6.04 Å². The monoisotopic (exact) mass is 220 g/mol. The van der Waals surface area contributed by atoms with Crippen molar-refractivity contribution < 1.29 is 0 Å². The first kappa shape index (κ1) is 10.7. The molecular weight excluding hydrogens is 204 g/mol. The fourth-order valence-corrected chi connectivity index (χ4v) is 2.87. The van der Waals surface area contributed by atoms with Crippen LogP contribution >= 0.6 is 11.3 Å². The third-order valence-electron chi connectivity index (χ3n) is 2.96. The summed E-state index contributed by atoms with van der Waals surface area (Å²) in [5.74, 6) is 0. The van der Waals surface area contributed by atoms with Gasteiger partial charge in [-0.15, -0.1) is 11.3 Å². The van der Waals surface area contributed by atoms with Gasteiger partial charge in [0.1, 0.15) is 6.04 Å². The molecule has 80 valence electrons. The van der Waals surface area contributed by atoms with Crippen molar-refractivity contribution in [2.45, 2.75) is 44.2 Å². The van der Waals surface area contributed by atoms with Crippen LogP contribution in [0.1, 0.15) is 43.0 Å². The van der Waals surface area contributed by atoms with E-state index in [0.29, 0.717) is 6.04 Å². The minimum Gasteiger partial charge on any atom is -0.295 e. The first-order valence-electron chi connectivity index (χ1n) is 5.59. The lowest BCUT2D eigenvalue weighted by Gasteiger charge is -2.24. The summed E-state index contributed by atoms with van der Waals surface area (Å²) in [5.41, 5.74) is 0. The number of nitriles is 1. The summed E-state index contributed by atoms with van der Waals surface area (Å²) in [4.78, 5) is 1.14. The Labute approximate surface area is 94.9 Å². The van der Waals surface area contributed by atoms with Gasteiger partial charge >= 0.3 is 0 Å². The van der Waals surface area contributed by atoms with Crippen LogP contribution in [0.25, 0.3) is 0 Å². The molecule has 15 heavy (non-hydrogen) atoms. The molecule has 0 spiro atoms. The topological polar surface area (TPSA) is 35.8 Å². The molecule has 1 saturated carbocycles. The number of rotatable bonds is 3. The summed E-state index contributed by atoms with van der Waals surface area (Å²) in [6, 6.07) is 6.84. The highest BCUT2D eigenvalue weighted by atomic mass is 32.1. The second kappa shape index (κ2) is 5.29. The molecule has 1 aliphatic rings. The molecule has 0 aromatic carbocycles. The Morgan fingerprint density at radius 1 is 1.40 bits per heavy atom. The number of thiophene rings is 1. The molecule has 1 aromatic rings. The third-order valence-corrected chi connectivity index (χ3v) is 3.90. The second-order valence-corrected chi connectivity index (χ2v) is 5.06. The molecule has 2 nitrogen and oxygen atoms in total. The summed E-state index contributed by atoms with van der Waals surface area (Å²) >= 11 is 1.66. The van der Waals surface area contributed by atoms with Crippen molar-refractivity contribution in [2.24, 2.45) is 0 Å². The molecule has 1 N–H and O–H groups in total. The van der Waals surface area contributed by atoms with Crippen LogP contribution < -0.4 is 5.32 Å². The fraction of sp³-hybridized carbons (Fsp3) is 0.583. The summed E-state index contributed by atoms with van der Waals surface area (Å²) in [6.07, 6.45) is 6.42. The molecule has 1 heterocycles. The Kier molecular flexibility index (Phi) is 3.76. The van der Waals surface area contributed by atoms with Gasteiger partial charge in [0.05, 0.1) is 6.07 Å². The summed E-state index contributed by atoms with van der Waals surface area (Å²) in [7, 11) is 0. The van der Waals surface area contributed by atoms with E-state index >= 15 is 0 Å². The third kappa shape index (κ3) is 2.80. The summed E-state index contributed by atoms with van der Waals surface area (Å²) in [5, 5.41) is 14.6. The zero-order valence-corrected chi connectivity index (χ0v) is 9.59. The van der Waals surface area contributed by atoms with E-state index in [1.807, 2.05) is 17.5 Å². The molecule has 2 rings (SSSR count). The van der Waals surface area contributed by atoms with Gasteiger partial charge in [-0.2, -0.15) is 5.26 Å². The fourth-order valence-electron chi connectivity index (χ4n) is 2.14. The van der Waals surface area contributed by atoms with Gasteiger partial charge in [-0.1, -0.05) is 25.3 Å². The van der Waals surface area contributed by atoms with E-state index in [1.54, 1.807) is 11.3 Å². The van der Waals surface area contributed by atoms with E-state index in [1.165, 1.54) is 32.1 Å². The molecule has 0 radical (unpaired) electrons.